The number of amides is 1. The quantitative estimate of drug-likeness (QED) is 0.930. The maximum absolute atomic E-state index is 11.5. The van der Waals surface area contributed by atoms with Crippen LogP contribution in [0.15, 0.2) is 30.3 Å². The number of benzene rings is 1. The normalized spacial score (nSPS) is 27.0. The highest BCUT2D eigenvalue weighted by atomic mass is 16.5. The molecule has 1 unspecified atom stereocenters. The number of hydrogen-bond acceptors (Lipinski definition) is 5. The number of piperidine rings is 3. The second-order valence-corrected chi connectivity index (χ2v) is 7.15. The Bertz CT molecular complexity index is 813. The highest BCUT2D eigenvalue weighted by Gasteiger charge is 2.35. The molecule has 1 N–H and O–H groups in total. The number of aromatic nitrogens is 2. The van der Waals surface area contributed by atoms with E-state index in [1.54, 1.807) is 0 Å². The topological polar surface area (TPSA) is 67.3 Å². The Labute approximate surface area is 146 Å². The summed E-state index contributed by atoms with van der Waals surface area (Å²) in [6, 6.07) is 9.73. The molecule has 4 aliphatic heterocycles. The zero-order chi connectivity index (χ0) is 16.8. The molecule has 6 nitrogen and oxygen atoms in total. The fraction of sp³-hybridized carbons (Fsp3) is 0.421. The molecule has 25 heavy (non-hydrogen) atoms. The molecule has 3 saturated heterocycles. The van der Waals surface area contributed by atoms with E-state index in [2.05, 4.69) is 20.4 Å². The number of carbonyl (C=O) groups is 1. The van der Waals surface area contributed by atoms with Crippen LogP contribution in [-0.2, 0) is 11.2 Å². The van der Waals surface area contributed by atoms with E-state index in [9.17, 15) is 4.79 Å². The van der Waals surface area contributed by atoms with Crippen molar-refractivity contribution in [3.05, 3.63) is 35.9 Å². The van der Waals surface area contributed by atoms with E-state index in [0.29, 0.717) is 18.2 Å². The SMILES string of the molecule is O=C1Cc2cc(-c3ccc(OC4CN5CCC4CC5)nn3)ccc2N1. The van der Waals surface area contributed by atoms with Crippen molar-refractivity contribution < 1.29 is 9.53 Å². The number of anilines is 1. The van der Waals surface area contributed by atoms with Gasteiger partial charge >= 0.3 is 0 Å². The molecule has 1 aromatic carbocycles. The first-order valence-electron chi connectivity index (χ1n) is 8.90. The fourth-order valence-electron chi connectivity index (χ4n) is 4.12. The average molecular weight is 336 g/mol. The summed E-state index contributed by atoms with van der Waals surface area (Å²) >= 11 is 0. The highest BCUT2D eigenvalue weighted by Crippen LogP contribution is 2.31. The van der Waals surface area contributed by atoms with Gasteiger partial charge in [0.1, 0.15) is 6.10 Å². The minimum Gasteiger partial charge on any atom is -0.472 e. The van der Waals surface area contributed by atoms with E-state index in [1.807, 2.05) is 30.3 Å². The standard InChI is InChI=1S/C19H20N4O2/c24-18-10-14-9-13(1-2-15(14)20-18)16-3-4-19(22-21-16)25-17-11-23-7-5-12(17)6-8-23/h1-4,9,12,17H,5-8,10-11H2,(H,20,24). The van der Waals surface area contributed by atoms with Crippen LogP contribution in [0, 0.1) is 5.92 Å². The van der Waals surface area contributed by atoms with Gasteiger partial charge in [0.15, 0.2) is 0 Å². The van der Waals surface area contributed by atoms with Crippen molar-refractivity contribution in [1.82, 2.24) is 15.1 Å². The van der Waals surface area contributed by atoms with Crippen molar-refractivity contribution in [2.24, 2.45) is 5.92 Å². The molecule has 0 spiro atoms. The van der Waals surface area contributed by atoms with Crippen molar-refractivity contribution in [3.8, 4) is 17.1 Å². The van der Waals surface area contributed by atoms with Crippen molar-refractivity contribution in [1.29, 1.82) is 0 Å². The molecule has 128 valence electrons. The van der Waals surface area contributed by atoms with Gasteiger partial charge in [0.2, 0.25) is 11.8 Å². The van der Waals surface area contributed by atoms with Gasteiger partial charge in [0.25, 0.3) is 0 Å². The van der Waals surface area contributed by atoms with Gasteiger partial charge in [-0.1, -0.05) is 6.07 Å². The van der Waals surface area contributed by atoms with Crippen LogP contribution in [0.1, 0.15) is 18.4 Å². The van der Waals surface area contributed by atoms with Crippen LogP contribution >= 0.6 is 0 Å². The van der Waals surface area contributed by atoms with Gasteiger partial charge < -0.3 is 10.1 Å². The summed E-state index contributed by atoms with van der Waals surface area (Å²) in [6.45, 7) is 3.40. The number of nitrogens with one attached hydrogen (secondary N) is 1. The van der Waals surface area contributed by atoms with Crippen molar-refractivity contribution >= 4 is 11.6 Å². The van der Waals surface area contributed by atoms with Gasteiger partial charge in [-0.25, -0.2) is 0 Å². The summed E-state index contributed by atoms with van der Waals surface area (Å²) < 4.78 is 6.10. The Hall–Kier alpha value is -2.47. The molecule has 1 atom stereocenters. The molecule has 1 amide bonds. The second-order valence-electron chi connectivity index (χ2n) is 7.15. The van der Waals surface area contributed by atoms with Crippen molar-refractivity contribution in [2.45, 2.75) is 25.4 Å². The van der Waals surface area contributed by atoms with Gasteiger partial charge in [-0.2, -0.15) is 0 Å². The molecule has 0 saturated carbocycles. The minimum absolute atomic E-state index is 0.0412. The van der Waals surface area contributed by atoms with Crippen LogP contribution in [0.4, 0.5) is 5.69 Å². The Balaban J connectivity index is 1.32. The van der Waals surface area contributed by atoms with Crippen LogP contribution < -0.4 is 10.1 Å². The van der Waals surface area contributed by atoms with E-state index < -0.39 is 0 Å². The molecule has 0 aliphatic carbocycles. The van der Waals surface area contributed by atoms with Crippen LogP contribution in [0.5, 0.6) is 5.88 Å². The summed E-state index contributed by atoms with van der Waals surface area (Å²) in [5, 5.41) is 11.4. The predicted octanol–water partition coefficient (Wildman–Crippen LogP) is 2.11. The third-order valence-corrected chi connectivity index (χ3v) is 5.53. The largest absolute Gasteiger partial charge is 0.472 e. The Morgan fingerprint density at radius 3 is 2.72 bits per heavy atom. The number of fused-ring (bicyclic) bond motifs is 4. The molecular formula is C19H20N4O2. The molecule has 5 heterocycles. The lowest BCUT2D eigenvalue weighted by Gasteiger charge is -2.44. The van der Waals surface area contributed by atoms with E-state index in [1.165, 1.54) is 25.9 Å². The number of rotatable bonds is 3. The average Bonchev–Trinajstić information content (AvgIpc) is 3.02. The van der Waals surface area contributed by atoms with E-state index in [4.69, 9.17) is 4.74 Å². The lowest BCUT2D eigenvalue weighted by atomic mass is 9.86. The van der Waals surface area contributed by atoms with Gasteiger partial charge in [-0.15, -0.1) is 10.2 Å². The van der Waals surface area contributed by atoms with Gasteiger partial charge in [0.05, 0.1) is 12.1 Å². The molecule has 0 radical (unpaired) electrons. The zero-order valence-electron chi connectivity index (χ0n) is 13.9. The Morgan fingerprint density at radius 2 is 2.00 bits per heavy atom. The van der Waals surface area contributed by atoms with Crippen LogP contribution in [0.2, 0.25) is 0 Å². The van der Waals surface area contributed by atoms with Crippen LogP contribution in [0.3, 0.4) is 0 Å². The molecule has 6 heteroatoms. The fourth-order valence-corrected chi connectivity index (χ4v) is 4.12. The van der Waals surface area contributed by atoms with Gasteiger partial charge in [-0.05, 0) is 55.6 Å². The first-order chi connectivity index (χ1) is 12.2. The summed E-state index contributed by atoms with van der Waals surface area (Å²) in [7, 11) is 0. The van der Waals surface area contributed by atoms with E-state index in [-0.39, 0.29) is 12.0 Å². The van der Waals surface area contributed by atoms with Crippen LogP contribution in [-0.4, -0.2) is 46.7 Å². The molecule has 3 fully saturated rings. The third kappa shape index (κ3) is 2.76. The lowest BCUT2D eigenvalue weighted by molar-refractivity contribution is -0.115. The second kappa shape index (κ2) is 5.81. The minimum atomic E-state index is 0.0412. The molecule has 2 aromatic rings. The van der Waals surface area contributed by atoms with E-state index in [0.717, 1.165) is 29.1 Å². The maximum atomic E-state index is 11.5. The highest BCUT2D eigenvalue weighted by molar-refractivity contribution is 5.99. The van der Waals surface area contributed by atoms with Crippen molar-refractivity contribution in [2.75, 3.05) is 25.0 Å². The third-order valence-electron chi connectivity index (χ3n) is 5.53. The predicted molar refractivity (Wildman–Crippen MR) is 93.4 cm³/mol. The number of hydrogen-bond donors (Lipinski definition) is 1. The monoisotopic (exact) mass is 336 g/mol. The lowest BCUT2D eigenvalue weighted by Crippen LogP contribution is -2.52. The summed E-state index contributed by atoms with van der Waals surface area (Å²) in [6.07, 6.45) is 3.10. The van der Waals surface area contributed by atoms with Gasteiger partial charge in [-0.3, -0.25) is 9.69 Å². The molecule has 1 aromatic heterocycles. The summed E-state index contributed by atoms with van der Waals surface area (Å²) in [4.78, 5) is 13.9. The molecule has 2 bridgehead atoms. The summed E-state index contributed by atoms with van der Waals surface area (Å²) in [5.74, 6) is 1.29. The smallest absolute Gasteiger partial charge is 0.233 e. The number of ether oxygens (including phenoxy) is 1. The van der Waals surface area contributed by atoms with Gasteiger partial charge in [0, 0.05) is 23.9 Å². The zero-order valence-corrected chi connectivity index (χ0v) is 13.9. The maximum Gasteiger partial charge on any atom is 0.233 e. The number of carbonyl (C=O) groups excluding carboxylic acids is 1. The molecule has 4 aliphatic rings. The van der Waals surface area contributed by atoms with E-state index >= 15 is 0 Å². The Morgan fingerprint density at radius 1 is 1.12 bits per heavy atom. The Kier molecular flexibility index (Phi) is 3.45. The van der Waals surface area contributed by atoms with Crippen LogP contribution in [0.25, 0.3) is 11.3 Å². The van der Waals surface area contributed by atoms with Crippen molar-refractivity contribution in [3.63, 3.8) is 0 Å². The molecular weight excluding hydrogens is 316 g/mol. The first-order valence-corrected chi connectivity index (χ1v) is 8.90. The summed E-state index contributed by atoms with van der Waals surface area (Å²) in [5.41, 5.74) is 3.67. The number of nitrogens with zero attached hydrogens (tertiary/aromatic N) is 3. The first kappa shape index (κ1) is 14.8. The molecule has 6 rings (SSSR count).